The van der Waals surface area contributed by atoms with Crippen LogP contribution in [0.15, 0.2) is 0 Å². The molecule has 0 bridgehead atoms. The molecule has 0 aromatic rings. The molecular formula is C24H50O3. The van der Waals surface area contributed by atoms with Gasteiger partial charge in [0.1, 0.15) is 0 Å². The van der Waals surface area contributed by atoms with Gasteiger partial charge in [-0.2, -0.15) is 0 Å². The first-order chi connectivity index (χ1) is 13.2. The number of unbranched alkanes of at least 4 members (excludes halogenated alkanes) is 14. The molecule has 2 atom stereocenters. The highest BCUT2D eigenvalue weighted by Gasteiger charge is 2.08. The van der Waals surface area contributed by atoms with Gasteiger partial charge in [-0.3, -0.25) is 0 Å². The Morgan fingerprint density at radius 1 is 0.444 bits per heavy atom. The quantitative estimate of drug-likeness (QED) is 0.201. The molecule has 0 aromatic heterocycles. The Morgan fingerprint density at radius 3 is 1.00 bits per heavy atom. The van der Waals surface area contributed by atoms with Crippen molar-refractivity contribution in [2.75, 3.05) is 13.2 Å². The molecule has 3 nitrogen and oxygen atoms in total. The van der Waals surface area contributed by atoms with Crippen LogP contribution in [-0.2, 0) is 4.74 Å². The second-order valence-corrected chi connectivity index (χ2v) is 8.44. The molecule has 0 radical (unpaired) electrons. The van der Waals surface area contributed by atoms with E-state index < -0.39 is 0 Å². The highest BCUT2D eigenvalue weighted by Crippen LogP contribution is 2.16. The second-order valence-electron chi connectivity index (χ2n) is 8.44. The van der Waals surface area contributed by atoms with E-state index in [0.29, 0.717) is 25.4 Å². The van der Waals surface area contributed by atoms with Gasteiger partial charge in [0.15, 0.2) is 0 Å². The second kappa shape index (κ2) is 22.2. The number of ether oxygens (including phenoxy) is 1. The van der Waals surface area contributed by atoms with Crippen LogP contribution in [0.3, 0.4) is 0 Å². The summed E-state index contributed by atoms with van der Waals surface area (Å²) in [4.78, 5) is 0. The number of hydrogen-bond acceptors (Lipinski definition) is 3. The fourth-order valence-corrected chi connectivity index (χ4v) is 3.74. The van der Waals surface area contributed by atoms with Crippen LogP contribution in [0.5, 0.6) is 0 Å². The van der Waals surface area contributed by atoms with Crippen molar-refractivity contribution in [1.82, 2.24) is 0 Å². The Balaban J connectivity index is 3.30. The predicted octanol–water partition coefficient (Wildman–Crippen LogP) is 6.79. The van der Waals surface area contributed by atoms with E-state index >= 15 is 0 Å². The van der Waals surface area contributed by atoms with E-state index in [9.17, 15) is 0 Å². The predicted molar refractivity (Wildman–Crippen MR) is 117 cm³/mol. The first kappa shape index (κ1) is 26.9. The number of hydrogen-bond donors (Lipinski definition) is 2. The van der Waals surface area contributed by atoms with Gasteiger partial charge in [0, 0.05) is 13.2 Å². The van der Waals surface area contributed by atoms with E-state index in [4.69, 9.17) is 14.9 Å². The van der Waals surface area contributed by atoms with Crippen LogP contribution >= 0.6 is 0 Å². The monoisotopic (exact) mass is 386 g/mol. The zero-order valence-corrected chi connectivity index (χ0v) is 18.6. The summed E-state index contributed by atoms with van der Waals surface area (Å²) in [6.45, 7) is 5.17. The van der Waals surface area contributed by atoms with E-state index in [-0.39, 0.29) is 0 Å². The van der Waals surface area contributed by atoms with Crippen LogP contribution < -0.4 is 0 Å². The third-order valence-electron chi connectivity index (χ3n) is 5.50. The smallest absolute Gasteiger partial charge is 0.0550 e. The van der Waals surface area contributed by atoms with Crippen molar-refractivity contribution in [3.8, 4) is 0 Å². The van der Waals surface area contributed by atoms with Crippen LogP contribution in [0.4, 0.5) is 0 Å². The van der Waals surface area contributed by atoms with Crippen molar-refractivity contribution in [3.63, 3.8) is 0 Å². The number of aliphatic hydroxyl groups excluding tert-OH is 2. The third-order valence-corrected chi connectivity index (χ3v) is 5.50. The van der Waals surface area contributed by atoms with Crippen LogP contribution in [0, 0.1) is 0 Å². The molecule has 0 rings (SSSR count). The molecule has 2 unspecified atom stereocenters. The largest absolute Gasteiger partial charge is 0.396 e. The van der Waals surface area contributed by atoms with E-state index in [1.807, 2.05) is 0 Å². The molecule has 3 heteroatoms. The van der Waals surface area contributed by atoms with Crippen molar-refractivity contribution in [1.29, 1.82) is 0 Å². The summed E-state index contributed by atoms with van der Waals surface area (Å²) in [5, 5.41) is 17.5. The fraction of sp³-hybridized carbons (Fsp3) is 1.00. The van der Waals surface area contributed by atoms with Gasteiger partial charge in [0.25, 0.3) is 0 Å². The van der Waals surface area contributed by atoms with Gasteiger partial charge in [-0.25, -0.2) is 0 Å². The molecule has 0 saturated carbocycles. The summed E-state index contributed by atoms with van der Waals surface area (Å²) in [6, 6.07) is 0. The van der Waals surface area contributed by atoms with Crippen molar-refractivity contribution >= 4 is 0 Å². The van der Waals surface area contributed by atoms with Crippen LogP contribution in [0.25, 0.3) is 0 Å². The lowest BCUT2D eigenvalue weighted by molar-refractivity contribution is -0.00232. The minimum atomic E-state index is 0.350. The summed E-state index contributed by atoms with van der Waals surface area (Å²) >= 11 is 0. The number of aliphatic hydroxyl groups is 2. The normalized spacial score (nSPS) is 13.8. The van der Waals surface area contributed by atoms with Gasteiger partial charge >= 0.3 is 0 Å². The average molecular weight is 387 g/mol. The molecule has 27 heavy (non-hydrogen) atoms. The first-order valence-corrected chi connectivity index (χ1v) is 12.1. The van der Waals surface area contributed by atoms with E-state index in [1.54, 1.807) is 0 Å². The molecule has 0 heterocycles. The maximum atomic E-state index is 8.75. The van der Waals surface area contributed by atoms with Gasteiger partial charge in [0.05, 0.1) is 12.2 Å². The fourth-order valence-electron chi connectivity index (χ4n) is 3.74. The lowest BCUT2D eigenvalue weighted by atomic mass is 10.0. The summed E-state index contributed by atoms with van der Waals surface area (Å²) in [5.41, 5.74) is 0. The number of rotatable bonds is 22. The first-order valence-electron chi connectivity index (χ1n) is 12.1. The Bertz CT molecular complexity index is 244. The third kappa shape index (κ3) is 22.0. The molecule has 0 fully saturated rings. The Labute approximate surface area is 170 Å². The molecule has 0 aliphatic rings. The lowest BCUT2D eigenvalue weighted by Crippen LogP contribution is -2.17. The minimum absolute atomic E-state index is 0.350. The Hall–Kier alpha value is -0.120. The maximum Gasteiger partial charge on any atom is 0.0550 e. The van der Waals surface area contributed by atoms with Gasteiger partial charge in [-0.15, -0.1) is 0 Å². The average Bonchev–Trinajstić information content (AvgIpc) is 2.65. The SMILES string of the molecule is CC(CCCCCCCCCCO)OC(C)CCCCCCCCCCO. The molecule has 0 spiro atoms. The van der Waals surface area contributed by atoms with Crippen molar-refractivity contribution in [2.24, 2.45) is 0 Å². The van der Waals surface area contributed by atoms with Gasteiger partial charge in [-0.1, -0.05) is 89.9 Å². The highest BCUT2D eigenvalue weighted by molar-refractivity contribution is 4.58. The summed E-state index contributed by atoms with van der Waals surface area (Å²) in [6.07, 6.45) is 23.4. The molecule has 0 aliphatic carbocycles. The lowest BCUT2D eigenvalue weighted by Gasteiger charge is -2.19. The van der Waals surface area contributed by atoms with E-state index in [0.717, 1.165) is 12.8 Å². The Morgan fingerprint density at radius 2 is 0.704 bits per heavy atom. The van der Waals surface area contributed by atoms with E-state index in [2.05, 4.69) is 13.8 Å². The molecule has 2 N–H and O–H groups in total. The molecule has 0 amide bonds. The maximum absolute atomic E-state index is 8.75. The van der Waals surface area contributed by atoms with Crippen LogP contribution in [0.2, 0.25) is 0 Å². The molecule has 164 valence electrons. The molecular weight excluding hydrogens is 336 g/mol. The zero-order valence-electron chi connectivity index (χ0n) is 18.6. The van der Waals surface area contributed by atoms with Crippen LogP contribution in [-0.4, -0.2) is 35.6 Å². The standard InChI is InChI=1S/C24H50O3/c1-23(19-15-11-7-3-5-9-13-17-21-25)27-24(2)20-16-12-8-4-6-10-14-18-22-26/h23-26H,3-22H2,1-2H3. The summed E-state index contributed by atoms with van der Waals surface area (Å²) < 4.78 is 6.15. The van der Waals surface area contributed by atoms with Gasteiger partial charge in [0.2, 0.25) is 0 Å². The van der Waals surface area contributed by atoms with Gasteiger partial charge in [-0.05, 0) is 39.5 Å². The summed E-state index contributed by atoms with van der Waals surface area (Å²) in [7, 11) is 0. The van der Waals surface area contributed by atoms with Crippen LogP contribution in [0.1, 0.15) is 129 Å². The van der Waals surface area contributed by atoms with E-state index in [1.165, 1.54) is 103 Å². The molecule has 0 aliphatic heterocycles. The zero-order chi connectivity index (χ0) is 20.0. The summed E-state index contributed by atoms with van der Waals surface area (Å²) in [5.74, 6) is 0. The van der Waals surface area contributed by atoms with Crippen molar-refractivity contribution in [3.05, 3.63) is 0 Å². The highest BCUT2D eigenvalue weighted by atomic mass is 16.5. The topological polar surface area (TPSA) is 49.7 Å². The Kier molecular flexibility index (Phi) is 22.1. The molecule has 0 saturated heterocycles. The van der Waals surface area contributed by atoms with Crippen molar-refractivity contribution in [2.45, 2.75) is 142 Å². The minimum Gasteiger partial charge on any atom is -0.396 e. The molecule has 0 aromatic carbocycles. The van der Waals surface area contributed by atoms with Crippen molar-refractivity contribution < 1.29 is 14.9 Å². The van der Waals surface area contributed by atoms with Gasteiger partial charge < -0.3 is 14.9 Å².